The van der Waals surface area contributed by atoms with Gasteiger partial charge in [-0.15, -0.1) is 0 Å². The van der Waals surface area contributed by atoms with Crippen LogP contribution in [0, 0.1) is 11.8 Å². The molecule has 0 spiro atoms. The van der Waals surface area contributed by atoms with Crippen molar-refractivity contribution >= 4 is 5.97 Å². The van der Waals surface area contributed by atoms with Crippen LogP contribution in [0.5, 0.6) is 0 Å². The first-order valence-corrected chi connectivity index (χ1v) is 8.04. The lowest BCUT2D eigenvalue weighted by Crippen LogP contribution is -2.10. The second-order valence-corrected chi connectivity index (χ2v) is 5.92. The number of carboxylic acids is 1. The third kappa shape index (κ3) is 5.16. The highest BCUT2D eigenvalue weighted by Gasteiger charge is 2.53. The van der Waals surface area contributed by atoms with Gasteiger partial charge in [0.1, 0.15) is 0 Å². The predicted molar refractivity (Wildman–Crippen MR) is 84.1 cm³/mol. The Kier molecular flexibility index (Phi) is 6.24. The minimum atomic E-state index is -0.699. The number of fused-ring (bicyclic) bond motifs is 1. The molecule has 116 valence electrons. The average Bonchev–Trinajstić information content (AvgIpc) is 3.12. The molecule has 3 heteroatoms. The standard InChI is InChI=1S/C18H26O3/c1-2-10-14-13-16-18(21-16)15(14)11-8-6-4-3-5-7-9-12-17(19)20/h2-4,8,10-11,14-16,18H,5-7,9,12-13H2,1H3,(H,19,20). The van der Waals surface area contributed by atoms with Gasteiger partial charge in [0.05, 0.1) is 12.2 Å². The van der Waals surface area contributed by atoms with Crippen molar-refractivity contribution < 1.29 is 14.6 Å². The van der Waals surface area contributed by atoms with Crippen LogP contribution in [0.25, 0.3) is 0 Å². The van der Waals surface area contributed by atoms with E-state index >= 15 is 0 Å². The van der Waals surface area contributed by atoms with Crippen LogP contribution in [0.2, 0.25) is 0 Å². The van der Waals surface area contributed by atoms with Crippen molar-refractivity contribution in [1.29, 1.82) is 0 Å². The molecule has 2 aliphatic rings. The van der Waals surface area contributed by atoms with Gasteiger partial charge in [0.2, 0.25) is 0 Å². The first-order valence-electron chi connectivity index (χ1n) is 8.04. The van der Waals surface area contributed by atoms with Crippen molar-refractivity contribution in [2.75, 3.05) is 0 Å². The largest absolute Gasteiger partial charge is 0.481 e. The smallest absolute Gasteiger partial charge is 0.303 e. The molecule has 0 aromatic carbocycles. The number of aliphatic carboxylic acids is 1. The molecule has 0 radical (unpaired) electrons. The van der Waals surface area contributed by atoms with Crippen molar-refractivity contribution in [1.82, 2.24) is 0 Å². The van der Waals surface area contributed by atoms with Crippen LogP contribution in [0.4, 0.5) is 0 Å². The highest BCUT2D eigenvalue weighted by Crippen LogP contribution is 2.48. The minimum Gasteiger partial charge on any atom is -0.481 e. The van der Waals surface area contributed by atoms with E-state index in [0.29, 0.717) is 24.0 Å². The number of unbranched alkanes of at least 4 members (excludes halogenated alkanes) is 2. The van der Waals surface area contributed by atoms with Crippen molar-refractivity contribution in [3.05, 3.63) is 36.5 Å². The van der Waals surface area contributed by atoms with Gasteiger partial charge in [-0.1, -0.05) is 36.5 Å². The number of carbonyl (C=O) groups is 1. The van der Waals surface area contributed by atoms with Gasteiger partial charge in [-0.05, 0) is 44.9 Å². The SMILES string of the molecule is CC=CC1CC2OC2C1C=CCC=CCCCCC(=O)O. The second-order valence-electron chi connectivity index (χ2n) is 5.92. The predicted octanol–water partition coefficient (Wildman–Crippen LogP) is 4.11. The number of hydrogen-bond donors (Lipinski definition) is 1. The Morgan fingerprint density at radius 1 is 1.24 bits per heavy atom. The lowest BCUT2D eigenvalue weighted by atomic mass is 9.94. The molecular weight excluding hydrogens is 264 g/mol. The monoisotopic (exact) mass is 290 g/mol. The molecule has 2 rings (SSSR count). The molecule has 1 N–H and O–H groups in total. The van der Waals surface area contributed by atoms with Crippen molar-refractivity contribution in [2.45, 2.75) is 57.7 Å². The summed E-state index contributed by atoms with van der Waals surface area (Å²) in [5.74, 6) is 0.500. The fraction of sp³-hybridized carbons (Fsp3) is 0.611. The van der Waals surface area contributed by atoms with Crippen LogP contribution in [0.1, 0.15) is 45.4 Å². The molecule has 21 heavy (non-hydrogen) atoms. The van der Waals surface area contributed by atoms with E-state index in [1.165, 1.54) is 6.42 Å². The normalized spacial score (nSPS) is 31.5. The van der Waals surface area contributed by atoms with Gasteiger partial charge in [0, 0.05) is 12.3 Å². The van der Waals surface area contributed by atoms with Crippen LogP contribution in [-0.4, -0.2) is 23.3 Å². The van der Waals surface area contributed by atoms with E-state index in [1.807, 2.05) is 0 Å². The summed E-state index contributed by atoms with van der Waals surface area (Å²) >= 11 is 0. The quantitative estimate of drug-likeness (QED) is 0.395. The van der Waals surface area contributed by atoms with E-state index in [9.17, 15) is 4.79 Å². The first kappa shape index (κ1) is 16.0. The van der Waals surface area contributed by atoms with Crippen molar-refractivity contribution in [3.8, 4) is 0 Å². The fourth-order valence-electron chi connectivity index (χ4n) is 3.13. The zero-order valence-electron chi connectivity index (χ0n) is 12.8. The number of epoxide rings is 1. The molecule has 0 amide bonds. The van der Waals surface area contributed by atoms with Gasteiger partial charge < -0.3 is 9.84 Å². The lowest BCUT2D eigenvalue weighted by Gasteiger charge is -2.14. The Labute approximate surface area is 127 Å². The number of carboxylic acid groups (broad SMARTS) is 1. The van der Waals surface area contributed by atoms with Gasteiger partial charge in [0.25, 0.3) is 0 Å². The maximum Gasteiger partial charge on any atom is 0.303 e. The van der Waals surface area contributed by atoms with Crippen molar-refractivity contribution in [2.24, 2.45) is 11.8 Å². The number of rotatable bonds is 9. The maximum atomic E-state index is 10.4. The Morgan fingerprint density at radius 2 is 2.10 bits per heavy atom. The molecule has 4 atom stereocenters. The number of hydrogen-bond acceptors (Lipinski definition) is 2. The molecule has 4 unspecified atom stereocenters. The maximum absolute atomic E-state index is 10.4. The first-order chi connectivity index (χ1) is 10.2. The molecule has 1 aliphatic carbocycles. The molecule has 1 saturated heterocycles. The van der Waals surface area contributed by atoms with Gasteiger partial charge in [-0.2, -0.15) is 0 Å². The Morgan fingerprint density at radius 3 is 2.86 bits per heavy atom. The summed E-state index contributed by atoms with van der Waals surface area (Å²) in [6, 6.07) is 0. The van der Waals surface area contributed by atoms with Crippen LogP contribution in [-0.2, 0) is 9.53 Å². The zero-order valence-corrected chi connectivity index (χ0v) is 12.8. The topological polar surface area (TPSA) is 49.8 Å². The summed E-state index contributed by atoms with van der Waals surface area (Å²) in [5, 5.41) is 8.53. The summed E-state index contributed by atoms with van der Waals surface area (Å²) in [5.41, 5.74) is 0. The number of allylic oxidation sites excluding steroid dienone is 5. The molecular formula is C18H26O3. The Hall–Kier alpha value is -1.35. The fourth-order valence-corrected chi connectivity index (χ4v) is 3.13. The summed E-state index contributed by atoms with van der Waals surface area (Å²) in [6.45, 7) is 2.08. The molecule has 0 bridgehead atoms. The van der Waals surface area contributed by atoms with Crippen molar-refractivity contribution in [3.63, 3.8) is 0 Å². The lowest BCUT2D eigenvalue weighted by molar-refractivity contribution is -0.137. The molecule has 1 saturated carbocycles. The van der Waals surface area contributed by atoms with Crippen LogP contribution in [0.3, 0.4) is 0 Å². The molecule has 3 nitrogen and oxygen atoms in total. The Balaban J connectivity index is 1.60. The van der Waals surface area contributed by atoms with E-state index < -0.39 is 5.97 Å². The molecule has 0 aromatic rings. The highest BCUT2D eigenvalue weighted by atomic mass is 16.6. The van der Waals surface area contributed by atoms with Gasteiger partial charge in [-0.3, -0.25) is 4.79 Å². The summed E-state index contributed by atoms with van der Waals surface area (Å²) in [6.07, 6.45) is 19.4. The zero-order chi connectivity index (χ0) is 15.1. The van der Waals surface area contributed by atoms with E-state index in [1.54, 1.807) is 0 Å². The van der Waals surface area contributed by atoms with Crippen LogP contribution >= 0.6 is 0 Å². The second kappa shape index (κ2) is 8.18. The third-order valence-electron chi connectivity index (χ3n) is 4.25. The van der Waals surface area contributed by atoms with Crippen LogP contribution < -0.4 is 0 Å². The summed E-state index contributed by atoms with van der Waals surface area (Å²) in [7, 11) is 0. The Bertz CT molecular complexity index is 422. The molecule has 0 aromatic heterocycles. The summed E-state index contributed by atoms with van der Waals surface area (Å²) in [4.78, 5) is 10.4. The van der Waals surface area contributed by atoms with E-state index in [-0.39, 0.29) is 6.42 Å². The summed E-state index contributed by atoms with van der Waals surface area (Å²) < 4.78 is 5.63. The molecule has 1 heterocycles. The highest BCUT2D eigenvalue weighted by molar-refractivity contribution is 5.66. The molecule has 1 aliphatic heterocycles. The average molecular weight is 290 g/mol. The van der Waals surface area contributed by atoms with E-state index in [0.717, 1.165) is 25.7 Å². The molecule has 2 fully saturated rings. The van der Waals surface area contributed by atoms with Crippen LogP contribution in [0.15, 0.2) is 36.5 Å². The van der Waals surface area contributed by atoms with E-state index in [4.69, 9.17) is 9.84 Å². The number of ether oxygens (including phenoxy) is 1. The third-order valence-corrected chi connectivity index (χ3v) is 4.25. The van der Waals surface area contributed by atoms with E-state index in [2.05, 4.69) is 43.4 Å². The van der Waals surface area contributed by atoms with Gasteiger partial charge >= 0.3 is 5.97 Å². The van der Waals surface area contributed by atoms with Gasteiger partial charge in [0.15, 0.2) is 0 Å². The van der Waals surface area contributed by atoms with Gasteiger partial charge in [-0.25, -0.2) is 0 Å². The minimum absolute atomic E-state index is 0.282.